The van der Waals surface area contributed by atoms with E-state index < -0.39 is 11.4 Å². The summed E-state index contributed by atoms with van der Waals surface area (Å²) >= 11 is 0. The van der Waals surface area contributed by atoms with Gasteiger partial charge in [-0.1, -0.05) is 19.9 Å². The molecule has 1 N–H and O–H groups in total. The number of carbonyl (C=O) groups is 1. The number of benzene rings is 1. The van der Waals surface area contributed by atoms with Crippen LogP contribution in [0.3, 0.4) is 0 Å². The van der Waals surface area contributed by atoms with Crippen molar-refractivity contribution < 1.29 is 14.3 Å². The summed E-state index contributed by atoms with van der Waals surface area (Å²) in [6, 6.07) is 5.26. The number of carboxylic acids is 1. The van der Waals surface area contributed by atoms with Crippen molar-refractivity contribution in [3.05, 3.63) is 35.1 Å². The monoisotopic (exact) mass is 291 g/mol. The van der Waals surface area contributed by atoms with Gasteiger partial charge < -0.3 is 5.11 Å². The molecule has 2 atom stereocenters. The van der Waals surface area contributed by atoms with Crippen LogP contribution < -0.4 is 0 Å². The van der Waals surface area contributed by atoms with E-state index in [2.05, 4.69) is 4.90 Å². The molecule has 1 aromatic carbocycles. The van der Waals surface area contributed by atoms with Crippen molar-refractivity contribution in [3.8, 4) is 0 Å². The van der Waals surface area contributed by atoms with Gasteiger partial charge in [0, 0.05) is 12.6 Å². The summed E-state index contributed by atoms with van der Waals surface area (Å²) in [7, 11) is 0. The average molecular weight is 291 g/mol. The number of carboxylic acid groups (broad SMARTS) is 1. The topological polar surface area (TPSA) is 40.5 Å². The molecular formula is C17H22FNO2. The Hall–Kier alpha value is -1.42. The van der Waals surface area contributed by atoms with Crippen molar-refractivity contribution in [2.75, 3.05) is 13.1 Å². The van der Waals surface area contributed by atoms with Gasteiger partial charge >= 0.3 is 5.97 Å². The minimum atomic E-state index is -0.683. The lowest BCUT2D eigenvalue weighted by molar-refractivity contribution is -0.151. The van der Waals surface area contributed by atoms with E-state index in [1.807, 2.05) is 19.9 Å². The third kappa shape index (κ3) is 2.26. The first kappa shape index (κ1) is 14.5. The Morgan fingerprint density at radius 2 is 2.24 bits per heavy atom. The Bertz CT molecular complexity index is 572. The van der Waals surface area contributed by atoms with Crippen LogP contribution in [0, 0.1) is 17.2 Å². The van der Waals surface area contributed by atoms with E-state index in [1.165, 1.54) is 11.6 Å². The lowest BCUT2D eigenvalue weighted by Crippen LogP contribution is -2.39. The standard InChI is InChI=1S/C17H22FNO2/c1-11(2)17(16(20)21)7-8-19(10-17)15-6-3-12-9-13(18)4-5-14(12)15/h4-5,9,11,15H,3,6-8,10H2,1-2H3,(H,20,21). The van der Waals surface area contributed by atoms with Crippen molar-refractivity contribution in [3.63, 3.8) is 0 Å². The quantitative estimate of drug-likeness (QED) is 0.929. The summed E-state index contributed by atoms with van der Waals surface area (Å²) in [5.41, 5.74) is 1.63. The number of nitrogens with zero attached hydrogens (tertiary/aromatic N) is 1. The van der Waals surface area contributed by atoms with E-state index in [9.17, 15) is 14.3 Å². The largest absolute Gasteiger partial charge is 0.481 e. The number of fused-ring (bicyclic) bond motifs is 1. The molecule has 0 aromatic heterocycles. The van der Waals surface area contributed by atoms with Crippen molar-refractivity contribution in [2.24, 2.45) is 11.3 Å². The number of aryl methyl sites for hydroxylation is 1. The third-order valence-corrected chi connectivity index (χ3v) is 5.45. The molecule has 3 nitrogen and oxygen atoms in total. The summed E-state index contributed by atoms with van der Waals surface area (Å²) in [5.74, 6) is -0.746. The maximum atomic E-state index is 13.3. The Morgan fingerprint density at radius 1 is 1.48 bits per heavy atom. The molecule has 1 heterocycles. The lowest BCUT2D eigenvalue weighted by Gasteiger charge is -2.31. The highest BCUT2D eigenvalue weighted by Gasteiger charge is 2.49. The molecule has 4 heteroatoms. The van der Waals surface area contributed by atoms with E-state index in [0.717, 1.165) is 24.9 Å². The molecule has 3 rings (SSSR count). The normalized spacial score (nSPS) is 29.0. The maximum absolute atomic E-state index is 13.3. The Kier molecular flexibility index (Phi) is 3.52. The van der Waals surface area contributed by atoms with Crippen LogP contribution in [0.25, 0.3) is 0 Å². The van der Waals surface area contributed by atoms with Crippen LogP contribution in [0.2, 0.25) is 0 Å². The molecule has 0 amide bonds. The Morgan fingerprint density at radius 3 is 2.86 bits per heavy atom. The number of hydrogen-bond donors (Lipinski definition) is 1. The highest BCUT2D eigenvalue weighted by Crippen LogP contribution is 2.45. The fraction of sp³-hybridized carbons (Fsp3) is 0.588. The third-order valence-electron chi connectivity index (χ3n) is 5.45. The van der Waals surface area contributed by atoms with Gasteiger partial charge in [0.2, 0.25) is 0 Å². The summed E-state index contributed by atoms with van der Waals surface area (Å²) in [5, 5.41) is 9.65. The van der Waals surface area contributed by atoms with Gasteiger partial charge in [-0.25, -0.2) is 4.39 Å². The molecule has 2 aliphatic rings. The molecule has 1 fully saturated rings. The second-order valence-electron chi connectivity index (χ2n) is 6.73. The predicted molar refractivity (Wildman–Crippen MR) is 78.6 cm³/mol. The molecule has 21 heavy (non-hydrogen) atoms. The van der Waals surface area contributed by atoms with Crippen molar-refractivity contribution in [1.29, 1.82) is 0 Å². The van der Waals surface area contributed by atoms with Crippen LogP contribution in [-0.2, 0) is 11.2 Å². The van der Waals surface area contributed by atoms with Crippen molar-refractivity contribution >= 4 is 5.97 Å². The first-order valence-electron chi connectivity index (χ1n) is 7.70. The SMILES string of the molecule is CC(C)C1(C(=O)O)CCN(C2CCc3cc(F)ccc32)C1. The Balaban J connectivity index is 1.84. The van der Waals surface area contributed by atoms with E-state index in [-0.39, 0.29) is 17.8 Å². The molecule has 0 spiro atoms. The van der Waals surface area contributed by atoms with Crippen LogP contribution in [0.4, 0.5) is 4.39 Å². The number of halogens is 1. The van der Waals surface area contributed by atoms with Crippen LogP contribution in [0.15, 0.2) is 18.2 Å². The number of rotatable bonds is 3. The summed E-state index contributed by atoms with van der Waals surface area (Å²) in [4.78, 5) is 14.0. The second kappa shape index (κ2) is 5.09. The molecule has 0 bridgehead atoms. The van der Waals surface area contributed by atoms with Crippen molar-refractivity contribution in [2.45, 2.75) is 39.2 Å². The minimum absolute atomic E-state index is 0.120. The number of aliphatic carboxylic acids is 1. The fourth-order valence-electron chi connectivity index (χ4n) is 3.97. The molecule has 0 radical (unpaired) electrons. The zero-order valence-corrected chi connectivity index (χ0v) is 12.6. The van der Waals surface area contributed by atoms with Gasteiger partial charge in [0.05, 0.1) is 5.41 Å². The molecule has 0 saturated carbocycles. The highest BCUT2D eigenvalue weighted by molar-refractivity contribution is 5.75. The van der Waals surface area contributed by atoms with Gasteiger partial charge in [-0.05, 0) is 55.0 Å². The van der Waals surface area contributed by atoms with Crippen LogP contribution in [-0.4, -0.2) is 29.1 Å². The van der Waals surface area contributed by atoms with Crippen LogP contribution in [0.5, 0.6) is 0 Å². The highest BCUT2D eigenvalue weighted by atomic mass is 19.1. The summed E-state index contributed by atoms with van der Waals surface area (Å²) in [6.45, 7) is 5.40. The fourth-order valence-corrected chi connectivity index (χ4v) is 3.97. The first-order valence-corrected chi connectivity index (χ1v) is 7.70. The van der Waals surface area contributed by atoms with Gasteiger partial charge in [0.25, 0.3) is 0 Å². The van der Waals surface area contributed by atoms with Crippen molar-refractivity contribution in [1.82, 2.24) is 4.90 Å². The first-order chi connectivity index (χ1) is 9.94. The molecular weight excluding hydrogens is 269 g/mol. The minimum Gasteiger partial charge on any atom is -0.481 e. The van der Waals surface area contributed by atoms with E-state index in [1.54, 1.807) is 6.07 Å². The molecule has 1 saturated heterocycles. The molecule has 1 aromatic rings. The smallest absolute Gasteiger partial charge is 0.311 e. The molecule has 1 aliphatic carbocycles. The number of hydrogen-bond acceptors (Lipinski definition) is 2. The van der Waals surface area contributed by atoms with Crippen LogP contribution >= 0.6 is 0 Å². The van der Waals surface area contributed by atoms with E-state index >= 15 is 0 Å². The van der Waals surface area contributed by atoms with Gasteiger partial charge in [0.1, 0.15) is 5.82 Å². The lowest BCUT2D eigenvalue weighted by atomic mass is 9.76. The van der Waals surface area contributed by atoms with Gasteiger partial charge in [0.15, 0.2) is 0 Å². The zero-order chi connectivity index (χ0) is 15.2. The number of likely N-dealkylation sites (tertiary alicyclic amines) is 1. The van der Waals surface area contributed by atoms with Gasteiger partial charge in [-0.15, -0.1) is 0 Å². The molecule has 2 unspecified atom stereocenters. The zero-order valence-electron chi connectivity index (χ0n) is 12.6. The van der Waals surface area contributed by atoms with Crippen LogP contribution in [0.1, 0.15) is 43.9 Å². The van der Waals surface area contributed by atoms with E-state index in [4.69, 9.17) is 0 Å². The van der Waals surface area contributed by atoms with E-state index in [0.29, 0.717) is 13.0 Å². The summed E-state index contributed by atoms with van der Waals surface area (Å²) < 4.78 is 13.3. The predicted octanol–water partition coefficient (Wildman–Crippen LogP) is 3.25. The summed E-state index contributed by atoms with van der Waals surface area (Å²) in [6.07, 6.45) is 2.55. The maximum Gasteiger partial charge on any atom is 0.311 e. The molecule has 114 valence electrons. The van der Waals surface area contributed by atoms with Gasteiger partial charge in [-0.3, -0.25) is 9.69 Å². The second-order valence-corrected chi connectivity index (χ2v) is 6.73. The average Bonchev–Trinajstić information content (AvgIpc) is 3.01. The molecule has 1 aliphatic heterocycles. The van der Waals surface area contributed by atoms with Gasteiger partial charge in [-0.2, -0.15) is 0 Å². The Labute approximate surface area is 124 Å².